The van der Waals surface area contributed by atoms with Gasteiger partial charge < -0.3 is 10.2 Å². The lowest BCUT2D eigenvalue weighted by atomic mass is 9.83. The summed E-state index contributed by atoms with van der Waals surface area (Å²) in [5.41, 5.74) is 6.59. The average Bonchev–Trinajstić information content (AvgIpc) is 2.81. The minimum atomic E-state index is -3.69. The molecule has 1 aromatic carbocycles. The number of aromatic nitrogens is 1. The van der Waals surface area contributed by atoms with Crippen LogP contribution in [0, 0.1) is 0 Å². The number of halogens is 1. The number of aryl methyl sites for hydroxylation is 1. The molecular weight excluding hydrogens is 354 g/mol. The van der Waals surface area contributed by atoms with Crippen molar-refractivity contribution < 1.29 is 12.8 Å². The molecule has 0 atom stereocenters. The Bertz CT molecular complexity index is 882. The van der Waals surface area contributed by atoms with Crippen LogP contribution < -0.4 is 16.2 Å². The van der Waals surface area contributed by atoms with E-state index in [0.717, 1.165) is 32.1 Å². The van der Waals surface area contributed by atoms with Gasteiger partial charge >= 0.3 is 5.76 Å². The molecule has 1 fully saturated rings. The van der Waals surface area contributed by atoms with Crippen LogP contribution in [0.5, 0.6) is 0 Å². The third-order valence-electron chi connectivity index (χ3n) is 4.54. The fraction of sp³-hybridized carbons (Fsp3) is 0.533. The summed E-state index contributed by atoms with van der Waals surface area (Å²) in [6.07, 6.45) is 4.85. The van der Waals surface area contributed by atoms with Crippen LogP contribution in [0.4, 0.5) is 0 Å². The zero-order valence-corrected chi connectivity index (χ0v) is 15.1. The van der Waals surface area contributed by atoms with E-state index in [1.54, 1.807) is 13.1 Å². The molecule has 0 saturated heterocycles. The Balaban J connectivity index is 0.00000208. The van der Waals surface area contributed by atoms with Gasteiger partial charge in [0.15, 0.2) is 5.58 Å². The highest BCUT2D eigenvalue weighted by Gasteiger charge is 2.29. The van der Waals surface area contributed by atoms with Gasteiger partial charge in [0.1, 0.15) is 0 Å². The van der Waals surface area contributed by atoms with Gasteiger partial charge in [-0.3, -0.25) is 4.57 Å². The number of benzene rings is 1. The first-order valence-corrected chi connectivity index (χ1v) is 9.17. The van der Waals surface area contributed by atoms with Crippen LogP contribution >= 0.6 is 12.4 Å². The Kier molecular flexibility index (Phi) is 5.44. The number of oxazole rings is 1. The summed E-state index contributed by atoms with van der Waals surface area (Å²) in [5, 5.41) is 0. The standard InChI is InChI=1S/C15H21N3O4S.ClH/c1-18-12-6-5-11(9-13(12)22-14(18)19)23(20,21)17-10-15(16)7-3-2-4-8-15;/h5-6,9,17H,2-4,7-8,10,16H2,1H3;1H. The summed E-state index contributed by atoms with van der Waals surface area (Å²) in [6.45, 7) is 0.214. The average molecular weight is 376 g/mol. The van der Waals surface area contributed by atoms with Crippen molar-refractivity contribution in [2.24, 2.45) is 12.8 Å². The SMILES string of the molecule is Cl.Cn1c(=O)oc2cc(S(=O)(=O)NCC3(N)CCCCC3)ccc21. The minimum Gasteiger partial charge on any atom is -0.408 e. The Morgan fingerprint density at radius 2 is 1.96 bits per heavy atom. The first-order valence-electron chi connectivity index (χ1n) is 7.69. The lowest BCUT2D eigenvalue weighted by Crippen LogP contribution is -2.51. The molecule has 1 aromatic heterocycles. The van der Waals surface area contributed by atoms with Crippen molar-refractivity contribution in [3.8, 4) is 0 Å². The highest BCUT2D eigenvalue weighted by molar-refractivity contribution is 7.89. The van der Waals surface area contributed by atoms with E-state index in [9.17, 15) is 13.2 Å². The molecule has 24 heavy (non-hydrogen) atoms. The predicted molar refractivity (Wildman–Crippen MR) is 93.9 cm³/mol. The summed E-state index contributed by atoms with van der Waals surface area (Å²) in [4.78, 5) is 11.6. The fourth-order valence-electron chi connectivity index (χ4n) is 3.04. The van der Waals surface area contributed by atoms with Gasteiger partial charge in [-0.1, -0.05) is 19.3 Å². The molecule has 0 spiro atoms. The number of hydrogen-bond acceptors (Lipinski definition) is 5. The Labute approximate surface area is 146 Å². The number of nitrogens with zero attached hydrogens (tertiary/aromatic N) is 1. The fourth-order valence-corrected chi connectivity index (χ4v) is 4.19. The Hall–Kier alpha value is -1.35. The first kappa shape index (κ1) is 19.0. The second-order valence-corrected chi connectivity index (χ2v) is 8.07. The summed E-state index contributed by atoms with van der Waals surface area (Å²) in [7, 11) is -2.12. The molecule has 0 radical (unpaired) electrons. The Morgan fingerprint density at radius 3 is 2.62 bits per heavy atom. The zero-order valence-electron chi connectivity index (χ0n) is 13.4. The molecule has 9 heteroatoms. The van der Waals surface area contributed by atoms with Crippen LogP contribution in [0.1, 0.15) is 32.1 Å². The van der Waals surface area contributed by atoms with Gasteiger partial charge in [-0.2, -0.15) is 0 Å². The highest BCUT2D eigenvalue weighted by atomic mass is 35.5. The number of hydrogen-bond donors (Lipinski definition) is 2. The molecule has 0 amide bonds. The van der Waals surface area contributed by atoms with Gasteiger partial charge in [0.05, 0.1) is 10.4 Å². The van der Waals surface area contributed by atoms with Crippen molar-refractivity contribution in [3.05, 3.63) is 28.7 Å². The molecule has 134 valence electrons. The van der Waals surface area contributed by atoms with Gasteiger partial charge in [-0.05, 0) is 25.0 Å². The van der Waals surface area contributed by atoms with Gasteiger partial charge in [0, 0.05) is 25.2 Å². The van der Waals surface area contributed by atoms with E-state index < -0.39 is 21.3 Å². The van der Waals surface area contributed by atoms with E-state index in [2.05, 4.69) is 4.72 Å². The molecule has 1 saturated carbocycles. The summed E-state index contributed by atoms with van der Waals surface area (Å²) in [5.74, 6) is -0.523. The van der Waals surface area contributed by atoms with Gasteiger partial charge in [0.25, 0.3) is 0 Å². The first-order chi connectivity index (χ1) is 10.8. The van der Waals surface area contributed by atoms with E-state index in [1.165, 1.54) is 16.7 Å². The lowest BCUT2D eigenvalue weighted by molar-refractivity contribution is 0.296. The van der Waals surface area contributed by atoms with Crippen molar-refractivity contribution in [1.82, 2.24) is 9.29 Å². The highest BCUT2D eigenvalue weighted by Crippen LogP contribution is 2.26. The molecule has 1 aliphatic rings. The van der Waals surface area contributed by atoms with Crippen molar-refractivity contribution in [2.75, 3.05) is 6.54 Å². The monoisotopic (exact) mass is 375 g/mol. The third kappa shape index (κ3) is 3.66. The van der Waals surface area contributed by atoms with E-state index in [1.807, 2.05) is 0 Å². The number of fused-ring (bicyclic) bond motifs is 1. The smallest absolute Gasteiger partial charge is 0.408 e. The topological polar surface area (TPSA) is 107 Å². The number of rotatable bonds is 4. The van der Waals surface area contributed by atoms with Crippen LogP contribution in [0.25, 0.3) is 11.1 Å². The van der Waals surface area contributed by atoms with Gasteiger partial charge in [-0.25, -0.2) is 17.9 Å². The number of sulfonamides is 1. The van der Waals surface area contributed by atoms with Crippen LogP contribution in [0.3, 0.4) is 0 Å². The van der Waals surface area contributed by atoms with Crippen LogP contribution in [0.15, 0.2) is 32.3 Å². The van der Waals surface area contributed by atoms with E-state index in [0.29, 0.717) is 5.52 Å². The van der Waals surface area contributed by atoms with Crippen molar-refractivity contribution >= 4 is 33.5 Å². The minimum absolute atomic E-state index is 0. The Morgan fingerprint density at radius 1 is 1.29 bits per heavy atom. The van der Waals surface area contributed by atoms with Crippen LogP contribution in [-0.4, -0.2) is 25.1 Å². The van der Waals surface area contributed by atoms with Crippen molar-refractivity contribution in [1.29, 1.82) is 0 Å². The normalized spacial score (nSPS) is 17.6. The third-order valence-corrected chi connectivity index (χ3v) is 5.94. The molecule has 1 heterocycles. The molecular formula is C15H22ClN3O4S. The summed E-state index contributed by atoms with van der Waals surface area (Å²) >= 11 is 0. The van der Waals surface area contributed by atoms with Crippen LogP contribution in [0.2, 0.25) is 0 Å². The maximum atomic E-state index is 12.5. The van der Waals surface area contributed by atoms with E-state index in [-0.39, 0.29) is 29.4 Å². The maximum absolute atomic E-state index is 12.5. The number of nitrogens with two attached hydrogens (primary N) is 1. The molecule has 1 aliphatic carbocycles. The van der Waals surface area contributed by atoms with Crippen molar-refractivity contribution in [3.63, 3.8) is 0 Å². The van der Waals surface area contributed by atoms with E-state index in [4.69, 9.17) is 10.2 Å². The maximum Gasteiger partial charge on any atom is 0.419 e. The zero-order chi connectivity index (χ0) is 16.7. The lowest BCUT2D eigenvalue weighted by Gasteiger charge is -2.33. The molecule has 2 aromatic rings. The molecule has 3 rings (SSSR count). The van der Waals surface area contributed by atoms with Gasteiger partial charge in [0.2, 0.25) is 10.0 Å². The van der Waals surface area contributed by atoms with Gasteiger partial charge in [-0.15, -0.1) is 12.4 Å². The largest absolute Gasteiger partial charge is 0.419 e. The molecule has 3 N–H and O–H groups in total. The second-order valence-electron chi connectivity index (χ2n) is 6.30. The molecule has 0 aliphatic heterocycles. The quantitative estimate of drug-likeness (QED) is 0.841. The van der Waals surface area contributed by atoms with Crippen molar-refractivity contribution in [2.45, 2.75) is 42.5 Å². The second kappa shape index (κ2) is 6.87. The van der Waals surface area contributed by atoms with E-state index >= 15 is 0 Å². The number of nitrogens with one attached hydrogen (secondary N) is 1. The van der Waals surface area contributed by atoms with Crippen LogP contribution in [-0.2, 0) is 17.1 Å². The predicted octanol–water partition coefficient (Wildman–Crippen LogP) is 1.49. The summed E-state index contributed by atoms with van der Waals surface area (Å²) < 4.78 is 33.9. The summed E-state index contributed by atoms with van der Waals surface area (Å²) in [6, 6.07) is 4.39. The molecule has 0 unspecified atom stereocenters. The molecule has 7 nitrogen and oxygen atoms in total. The molecule has 0 bridgehead atoms.